The Kier molecular flexibility index (Phi) is 7.75. The number of benzene rings is 3. The maximum atomic E-state index is 12.8. The average molecular weight is 537 g/mol. The van der Waals surface area contributed by atoms with Crippen LogP contribution in [-0.4, -0.2) is 29.6 Å². The first-order valence-corrected chi connectivity index (χ1v) is 12.5. The van der Waals surface area contributed by atoms with Crippen molar-refractivity contribution in [3.63, 3.8) is 0 Å². The van der Waals surface area contributed by atoms with Crippen LogP contribution >= 0.6 is 27.7 Å². The van der Waals surface area contributed by atoms with Gasteiger partial charge in [-0.25, -0.2) is 4.99 Å². The van der Waals surface area contributed by atoms with Crippen molar-refractivity contribution in [2.24, 2.45) is 4.99 Å². The predicted molar refractivity (Wildman–Crippen MR) is 143 cm³/mol. The number of nitrogens with zero attached hydrogens (tertiary/aromatic N) is 2. The van der Waals surface area contributed by atoms with Gasteiger partial charge in [0.05, 0.1) is 17.2 Å². The van der Waals surface area contributed by atoms with Gasteiger partial charge in [0.15, 0.2) is 16.7 Å². The van der Waals surface area contributed by atoms with E-state index in [-0.39, 0.29) is 5.91 Å². The highest BCUT2D eigenvalue weighted by molar-refractivity contribution is 9.10. The van der Waals surface area contributed by atoms with Gasteiger partial charge in [-0.1, -0.05) is 51.8 Å². The Hall–Kier alpha value is -3.03. The lowest BCUT2D eigenvalue weighted by Gasteiger charge is -2.13. The maximum absolute atomic E-state index is 12.8. The summed E-state index contributed by atoms with van der Waals surface area (Å²) < 4.78 is 12.9. The summed E-state index contributed by atoms with van der Waals surface area (Å²) in [4.78, 5) is 19.6. The van der Waals surface area contributed by atoms with Crippen LogP contribution in [0.2, 0.25) is 0 Å². The van der Waals surface area contributed by atoms with Gasteiger partial charge in [0, 0.05) is 11.5 Å². The van der Waals surface area contributed by atoms with Crippen molar-refractivity contribution >= 4 is 50.5 Å². The minimum atomic E-state index is -0.0793. The zero-order valence-electron chi connectivity index (χ0n) is 19.2. The van der Waals surface area contributed by atoms with Gasteiger partial charge in [0.25, 0.3) is 5.91 Å². The number of carbonyl (C=O) groups is 1. The molecule has 0 aromatic heterocycles. The number of ether oxygens (including phenoxy) is 2. The third-order valence-corrected chi connectivity index (χ3v) is 6.72. The number of likely N-dealkylation sites (N-methyl/N-ethyl adjacent to an activating group) is 1. The number of thioether (sulfide) groups is 1. The number of halogens is 1. The molecule has 0 bridgehead atoms. The smallest absolute Gasteiger partial charge is 0.266 e. The van der Waals surface area contributed by atoms with E-state index in [0.717, 1.165) is 21.3 Å². The molecule has 1 amide bonds. The largest absolute Gasteiger partial charge is 0.490 e. The number of hydrogen-bond acceptors (Lipinski definition) is 5. The Balaban J connectivity index is 1.53. The Morgan fingerprint density at radius 3 is 2.44 bits per heavy atom. The second-order valence-corrected chi connectivity index (χ2v) is 9.68. The highest BCUT2D eigenvalue weighted by Crippen LogP contribution is 2.35. The Labute approximate surface area is 212 Å². The number of amidine groups is 1. The summed E-state index contributed by atoms with van der Waals surface area (Å²) >= 11 is 4.81. The fourth-order valence-corrected chi connectivity index (χ4v) is 4.53. The molecule has 1 heterocycles. The molecule has 4 rings (SSSR count). The Morgan fingerprint density at radius 1 is 1.00 bits per heavy atom. The molecule has 1 aliphatic rings. The van der Waals surface area contributed by atoms with Gasteiger partial charge >= 0.3 is 0 Å². The molecule has 1 fully saturated rings. The van der Waals surface area contributed by atoms with E-state index >= 15 is 0 Å². The van der Waals surface area contributed by atoms with Gasteiger partial charge in [-0.05, 0) is 79.2 Å². The van der Waals surface area contributed by atoms with Gasteiger partial charge in [0.1, 0.15) is 6.61 Å². The molecular weight excluding hydrogens is 512 g/mol. The summed E-state index contributed by atoms with van der Waals surface area (Å²) in [5.74, 6) is 1.23. The minimum Gasteiger partial charge on any atom is -0.490 e. The van der Waals surface area contributed by atoms with Gasteiger partial charge in [0.2, 0.25) is 0 Å². The third kappa shape index (κ3) is 5.90. The predicted octanol–water partition coefficient (Wildman–Crippen LogP) is 6.97. The van der Waals surface area contributed by atoms with Crippen LogP contribution < -0.4 is 9.47 Å². The van der Waals surface area contributed by atoms with Crippen LogP contribution in [0.1, 0.15) is 23.6 Å². The SMILES string of the molecule is CCOc1cc(/C=C2/SC(=Nc3ccc(C)cc3)N(C)C2=O)ccc1OCc1ccc(Br)cc1. The highest BCUT2D eigenvalue weighted by Gasteiger charge is 2.30. The molecule has 3 aromatic carbocycles. The number of amides is 1. The zero-order valence-corrected chi connectivity index (χ0v) is 21.7. The van der Waals surface area contributed by atoms with Crippen LogP contribution in [0, 0.1) is 6.92 Å². The lowest BCUT2D eigenvalue weighted by molar-refractivity contribution is -0.121. The summed E-state index contributed by atoms with van der Waals surface area (Å²) in [6, 6.07) is 21.6. The molecule has 34 heavy (non-hydrogen) atoms. The van der Waals surface area contributed by atoms with E-state index in [4.69, 9.17) is 9.47 Å². The summed E-state index contributed by atoms with van der Waals surface area (Å²) in [6.07, 6.45) is 1.86. The molecule has 0 atom stereocenters. The summed E-state index contributed by atoms with van der Waals surface area (Å²) in [6.45, 7) is 4.92. The number of aryl methyl sites for hydroxylation is 1. The van der Waals surface area contributed by atoms with Crippen LogP contribution in [0.25, 0.3) is 6.08 Å². The quantitative estimate of drug-likeness (QED) is 0.306. The first-order chi connectivity index (χ1) is 16.4. The lowest BCUT2D eigenvalue weighted by Crippen LogP contribution is -2.23. The second kappa shape index (κ2) is 10.9. The molecule has 1 aliphatic heterocycles. The average Bonchev–Trinajstić information content (AvgIpc) is 3.09. The van der Waals surface area contributed by atoms with Crippen molar-refractivity contribution in [3.05, 3.63) is 92.8 Å². The molecule has 0 unspecified atom stereocenters. The zero-order chi connectivity index (χ0) is 24.1. The van der Waals surface area contributed by atoms with Crippen molar-refractivity contribution in [2.75, 3.05) is 13.7 Å². The van der Waals surface area contributed by atoms with Gasteiger partial charge in [-0.2, -0.15) is 0 Å². The molecule has 174 valence electrons. The first kappa shape index (κ1) is 24.1. The van der Waals surface area contributed by atoms with Crippen LogP contribution in [-0.2, 0) is 11.4 Å². The lowest BCUT2D eigenvalue weighted by atomic mass is 10.1. The normalized spacial score (nSPS) is 15.9. The van der Waals surface area contributed by atoms with E-state index in [1.165, 1.54) is 17.3 Å². The van der Waals surface area contributed by atoms with Gasteiger partial charge in [-0.3, -0.25) is 9.69 Å². The maximum Gasteiger partial charge on any atom is 0.266 e. The molecule has 3 aromatic rings. The van der Waals surface area contributed by atoms with E-state index in [9.17, 15) is 4.79 Å². The van der Waals surface area contributed by atoms with Gasteiger partial charge in [-0.15, -0.1) is 0 Å². The van der Waals surface area contributed by atoms with Crippen molar-refractivity contribution in [1.82, 2.24) is 4.90 Å². The number of carbonyl (C=O) groups excluding carboxylic acids is 1. The van der Waals surface area contributed by atoms with Crippen LogP contribution in [0.15, 0.2) is 81.1 Å². The van der Waals surface area contributed by atoms with E-state index in [1.807, 2.05) is 86.7 Å². The van der Waals surface area contributed by atoms with Gasteiger partial charge < -0.3 is 9.47 Å². The molecule has 7 heteroatoms. The van der Waals surface area contributed by atoms with Crippen molar-refractivity contribution in [2.45, 2.75) is 20.5 Å². The fraction of sp³-hybridized carbons (Fsp3) is 0.185. The monoisotopic (exact) mass is 536 g/mol. The number of rotatable bonds is 7. The summed E-state index contributed by atoms with van der Waals surface area (Å²) in [7, 11) is 1.74. The molecule has 0 radical (unpaired) electrons. The van der Waals surface area contributed by atoms with E-state index in [0.29, 0.717) is 34.8 Å². The van der Waals surface area contributed by atoms with E-state index in [1.54, 1.807) is 11.9 Å². The molecule has 0 spiro atoms. The topological polar surface area (TPSA) is 51.1 Å². The molecule has 1 saturated heterocycles. The van der Waals surface area contributed by atoms with E-state index < -0.39 is 0 Å². The molecular formula is C27H25BrN2O3S. The van der Waals surface area contributed by atoms with Crippen LogP contribution in [0.4, 0.5) is 5.69 Å². The first-order valence-electron chi connectivity index (χ1n) is 10.9. The standard InChI is InChI=1S/C27H25BrN2O3S/c1-4-32-24-15-20(9-14-23(24)33-17-19-7-10-21(28)11-8-19)16-25-26(31)30(3)27(34-25)29-22-12-5-18(2)6-13-22/h5-16H,4,17H2,1-3H3/b25-16+,29-27?. The van der Waals surface area contributed by atoms with E-state index in [2.05, 4.69) is 20.9 Å². The van der Waals surface area contributed by atoms with Crippen molar-refractivity contribution in [1.29, 1.82) is 0 Å². The summed E-state index contributed by atoms with van der Waals surface area (Å²) in [5.41, 5.74) is 3.91. The fourth-order valence-electron chi connectivity index (χ4n) is 3.28. The minimum absolute atomic E-state index is 0.0793. The van der Waals surface area contributed by atoms with Crippen LogP contribution in [0.3, 0.4) is 0 Å². The summed E-state index contributed by atoms with van der Waals surface area (Å²) in [5, 5.41) is 0.652. The van der Waals surface area contributed by atoms with Crippen molar-refractivity contribution < 1.29 is 14.3 Å². The molecule has 0 aliphatic carbocycles. The highest BCUT2D eigenvalue weighted by atomic mass is 79.9. The Bertz CT molecular complexity index is 1240. The molecule has 5 nitrogen and oxygen atoms in total. The van der Waals surface area contributed by atoms with Crippen LogP contribution in [0.5, 0.6) is 11.5 Å². The Morgan fingerprint density at radius 2 is 1.74 bits per heavy atom. The molecule has 0 saturated carbocycles. The van der Waals surface area contributed by atoms with Crippen molar-refractivity contribution in [3.8, 4) is 11.5 Å². The third-order valence-electron chi connectivity index (χ3n) is 5.14. The number of hydrogen-bond donors (Lipinski definition) is 0. The second-order valence-electron chi connectivity index (χ2n) is 7.76. The molecule has 0 N–H and O–H groups in total. The number of aliphatic imine (C=N–C) groups is 1.